The molecular weight excluding hydrogens is 282 g/mol. The maximum atomic E-state index is 12.3. The second kappa shape index (κ2) is 10.3. The van der Waals surface area contributed by atoms with Crippen molar-refractivity contribution in [3.05, 3.63) is 29.8 Å². The summed E-state index contributed by atoms with van der Waals surface area (Å²) < 4.78 is 10.7. The van der Waals surface area contributed by atoms with E-state index < -0.39 is 0 Å². The molecule has 0 heterocycles. The molecule has 1 aromatic rings. The standard InChI is InChI=1S/C17H27NO4/c1-3-4-5-15(10-11-21-13(2)18)17(20)22-16-8-6-14(12-19)7-9-16/h6-9,13,15,19H,3-5,10-12,18H2,1-2H3. The molecule has 0 saturated carbocycles. The van der Waals surface area contributed by atoms with E-state index in [0.717, 1.165) is 24.8 Å². The van der Waals surface area contributed by atoms with Crippen LogP contribution in [0.25, 0.3) is 0 Å². The first kappa shape index (κ1) is 18.6. The summed E-state index contributed by atoms with van der Waals surface area (Å²) in [5.74, 6) is 0.0755. The summed E-state index contributed by atoms with van der Waals surface area (Å²) in [4.78, 5) is 12.3. The van der Waals surface area contributed by atoms with Gasteiger partial charge in [-0.05, 0) is 37.5 Å². The average Bonchev–Trinajstić information content (AvgIpc) is 2.51. The number of carbonyl (C=O) groups excluding carboxylic acids is 1. The van der Waals surface area contributed by atoms with E-state index in [4.69, 9.17) is 20.3 Å². The minimum atomic E-state index is -0.325. The summed E-state index contributed by atoms with van der Waals surface area (Å²) in [6, 6.07) is 6.86. The van der Waals surface area contributed by atoms with Crippen molar-refractivity contribution in [2.75, 3.05) is 6.61 Å². The van der Waals surface area contributed by atoms with Crippen molar-refractivity contribution >= 4 is 5.97 Å². The molecule has 124 valence electrons. The van der Waals surface area contributed by atoms with Crippen LogP contribution in [0.4, 0.5) is 0 Å². The predicted molar refractivity (Wildman–Crippen MR) is 85.2 cm³/mol. The number of unbranched alkanes of at least 4 members (excludes halogenated alkanes) is 1. The highest BCUT2D eigenvalue weighted by Gasteiger charge is 2.20. The zero-order chi connectivity index (χ0) is 16.4. The average molecular weight is 309 g/mol. The lowest BCUT2D eigenvalue weighted by Gasteiger charge is -2.16. The summed E-state index contributed by atoms with van der Waals surface area (Å²) in [7, 11) is 0. The van der Waals surface area contributed by atoms with Crippen LogP contribution in [0.3, 0.4) is 0 Å². The third-order valence-electron chi connectivity index (χ3n) is 3.41. The maximum Gasteiger partial charge on any atom is 0.314 e. The molecule has 0 aliphatic rings. The number of ether oxygens (including phenoxy) is 2. The molecule has 1 rings (SSSR count). The van der Waals surface area contributed by atoms with Gasteiger partial charge in [0, 0.05) is 6.61 Å². The summed E-state index contributed by atoms with van der Waals surface area (Å²) in [5, 5.41) is 9.01. The monoisotopic (exact) mass is 309 g/mol. The van der Waals surface area contributed by atoms with Crippen LogP contribution >= 0.6 is 0 Å². The largest absolute Gasteiger partial charge is 0.426 e. The van der Waals surface area contributed by atoms with Crippen LogP contribution in [0.2, 0.25) is 0 Å². The first-order valence-electron chi connectivity index (χ1n) is 7.85. The molecule has 0 amide bonds. The highest BCUT2D eigenvalue weighted by Crippen LogP contribution is 2.19. The lowest BCUT2D eigenvalue weighted by molar-refractivity contribution is -0.140. The number of aliphatic hydroxyl groups excluding tert-OH is 1. The molecule has 3 N–H and O–H groups in total. The van der Waals surface area contributed by atoms with E-state index in [1.807, 2.05) is 0 Å². The Bertz CT molecular complexity index is 431. The van der Waals surface area contributed by atoms with Crippen molar-refractivity contribution in [2.45, 2.75) is 52.4 Å². The van der Waals surface area contributed by atoms with Crippen molar-refractivity contribution in [3.63, 3.8) is 0 Å². The molecule has 1 aromatic carbocycles. The molecule has 22 heavy (non-hydrogen) atoms. The second-order valence-electron chi connectivity index (χ2n) is 5.43. The van der Waals surface area contributed by atoms with Gasteiger partial charge in [-0.1, -0.05) is 31.9 Å². The highest BCUT2D eigenvalue weighted by molar-refractivity contribution is 5.75. The topological polar surface area (TPSA) is 81.8 Å². The van der Waals surface area contributed by atoms with Gasteiger partial charge in [-0.2, -0.15) is 0 Å². The Morgan fingerprint density at radius 2 is 1.95 bits per heavy atom. The lowest BCUT2D eigenvalue weighted by atomic mass is 9.99. The Morgan fingerprint density at radius 3 is 2.50 bits per heavy atom. The molecule has 0 fully saturated rings. The van der Waals surface area contributed by atoms with Crippen LogP contribution in [0, 0.1) is 5.92 Å². The molecule has 0 saturated heterocycles. The zero-order valence-corrected chi connectivity index (χ0v) is 13.5. The van der Waals surface area contributed by atoms with Crippen LogP contribution in [0.1, 0.15) is 45.1 Å². The number of aliphatic hydroxyl groups is 1. The molecule has 2 atom stereocenters. The van der Waals surface area contributed by atoms with Crippen LogP contribution in [-0.4, -0.2) is 23.9 Å². The molecule has 0 radical (unpaired) electrons. The fraction of sp³-hybridized carbons (Fsp3) is 0.588. The maximum absolute atomic E-state index is 12.3. The first-order chi connectivity index (χ1) is 10.6. The number of esters is 1. The smallest absolute Gasteiger partial charge is 0.314 e. The molecule has 5 heteroatoms. The number of hydrogen-bond donors (Lipinski definition) is 2. The van der Waals surface area contributed by atoms with Crippen molar-refractivity contribution < 1.29 is 19.4 Å². The number of carbonyl (C=O) groups is 1. The van der Waals surface area contributed by atoms with Gasteiger partial charge in [-0.15, -0.1) is 0 Å². The summed E-state index contributed by atoms with van der Waals surface area (Å²) in [6.07, 6.45) is 3.07. The Labute approximate surface area is 132 Å². The fourth-order valence-electron chi connectivity index (χ4n) is 2.09. The Morgan fingerprint density at radius 1 is 1.27 bits per heavy atom. The minimum absolute atomic E-state index is 0.0258. The van der Waals surface area contributed by atoms with E-state index in [0.29, 0.717) is 18.8 Å². The third kappa shape index (κ3) is 7.02. The van der Waals surface area contributed by atoms with Gasteiger partial charge in [-0.25, -0.2) is 0 Å². The fourth-order valence-corrected chi connectivity index (χ4v) is 2.09. The van der Waals surface area contributed by atoms with Crippen LogP contribution in [-0.2, 0) is 16.1 Å². The normalized spacial score (nSPS) is 13.6. The van der Waals surface area contributed by atoms with E-state index in [-0.39, 0.29) is 24.7 Å². The van der Waals surface area contributed by atoms with Gasteiger partial charge in [0.1, 0.15) is 12.0 Å². The van der Waals surface area contributed by atoms with Crippen molar-refractivity contribution in [1.82, 2.24) is 0 Å². The molecule has 2 unspecified atom stereocenters. The summed E-state index contributed by atoms with van der Waals surface area (Å²) >= 11 is 0. The van der Waals surface area contributed by atoms with Gasteiger partial charge in [0.15, 0.2) is 0 Å². The van der Waals surface area contributed by atoms with Gasteiger partial charge in [-0.3, -0.25) is 4.79 Å². The number of rotatable bonds is 10. The van der Waals surface area contributed by atoms with Gasteiger partial charge in [0.05, 0.1) is 12.5 Å². The van der Waals surface area contributed by atoms with Gasteiger partial charge >= 0.3 is 5.97 Å². The van der Waals surface area contributed by atoms with Crippen molar-refractivity contribution in [3.8, 4) is 5.75 Å². The summed E-state index contributed by atoms with van der Waals surface area (Å²) in [6.45, 7) is 4.28. The molecule has 0 bridgehead atoms. The molecular formula is C17H27NO4. The number of hydrogen-bond acceptors (Lipinski definition) is 5. The third-order valence-corrected chi connectivity index (χ3v) is 3.41. The lowest BCUT2D eigenvalue weighted by Crippen LogP contribution is -2.25. The van der Waals surface area contributed by atoms with E-state index in [2.05, 4.69) is 6.92 Å². The van der Waals surface area contributed by atoms with E-state index in [1.165, 1.54) is 0 Å². The van der Waals surface area contributed by atoms with Gasteiger partial charge in [0.2, 0.25) is 0 Å². The highest BCUT2D eigenvalue weighted by atomic mass is 16.5. The minimum Gasteiger partial charge on any atom is -0.426 e. The summed E-state index contributed by atoms with van der Waals surface area (Å²) in [5.41, 5.74) is 6.33. The molecule has 0 aliphatic heterocycles. The Kier molecular flexibility index (Phi) is 8.74. The number of benzene rings is 1. The Hall–Kier alpha value is -1.43. The van der Waals surface area contributed by atoms with Crippen molar-refractivity contribution in [1.29, 1.82) is 0 Å². The SMILES string of the molecule is CCCCC(CCOC(C)N)C(=O)Oc1ccc(CO)cc1. The Balaban J connectivity index is 2.56. The quantitative estimate of drug-likeness (QED) is 0.394. The first-order valence-corrected chi connectivity index (χ1v) is 7.85. The van der Waals surface area contributed by atoms with Gasteiger partial charge < -0.3 is 20.3 Å². The van der Waals surface area contributed by atoms with Crippen molar-refractivity contribution in [2.24, 2.45) is 11.7 Å². The predicted octanol–water partition coefficient (Wildman–Crippen LogP) is 2.60. The molecule has 0 aliphatic carbocycles. The second-order valence-corrected chi connectivity index (χ2v) is 5.43. The van der Waals surface area contributed by atoms with Crippen LogP contribution in [0.5, 0.6) is 5.75 Å². The van der Waals surface area contributed by atoms with Crippen LogP contribution < -0.4 is 10.5 Å². The number of nitrogens with two attached hydrogens (primary N) is 1. The molecule has 5 nitrogen and oxygen atoms in total. The van der Waals surface area contributed by atoms with Crippen LogP contribution in [0.15, 0.2) is 24.3 Å². The molecule has 0 spiro atoms. The molecule has 0 aromatic heterocycles. The van der Waals surface area contributed by atoms with E-state index >= 15 is 0 Å². The van der Waals surface area contributed by atoms with Gasteiger partial charge in [0.25, 0.3) is 0 Å². The van der Waals surface area contributed by atoms with E-state index in [1.54, 1.807) is 31.2 Å². The van der Waals surface area contributed by atoms with E-state index in [9.17, 15) is 4.79 Å². The zero-order valence-electron chi connectivity index (χ0n) is 13.5.